The van der Waals surface area contributed by atoms with E-state index in [4.69, 9.17) is 15.7 Å². The summed E-state index contributed by atoms with van der Waals surface area (Å²) in [7, 11) is 0. The Balaban J connectivity index is 2.44. The lowest BCUT2D eigenvalue weighted by Crippen LogP contribution is -2.10. The van der Waals surface area contributed by atoms with Gasteiger partial charge in [0.25, 0.3) is 0 Å². The van der Waals surface area contributed by atoms with E-state index in [1.54, 1.807) is 35.0 Å². The second kappa shape index (κ2) is 4.80. The van der Waals surface area contributed by atoms with Crippen molar-refractivity contribution in [2.45, 2.75) is 20.0 Å². The van der Waals surface area contributed by atoms with Gasteiger partial charge in [0.05, 0.1) is 11.8 Å². The lowest BCUT2D eigenvalue weighted by atomic mass is 10.3. The van der Waals surface area contributed by atoms with Gasteiger partial charge in [0.1, 0.15) is 17.6 Å². The largest absolute Gasteiger partial charge is 0.473 e. The van der Waals surface area contributed by atoms with Crippen molar-refractivity contribution in [1.29, 1.82) is 5.26 Å². The van der Waals surface area contributed by atoms with Crippen LogP contribution in [0.25, 0.3) is 5.82 Å². The lowest BCUT2D eigenvalue weighted by molar-refractivity contribution is 0.234. The van der Waals surface area contributed by atoms with Crippen LogP contribution in [-0.2, 0) is 0 Å². The first-order valence-corrected chi connectivity index (χ1v) is 5.63. The molecular weight excluding hydrogens is 228 g/mol. The highest BCUT2D eigenvalue weighted by Gasteiger charge is 2.09. The van der Waals surface area contributed by atoms with Gasteiger partial charge in [0.15, 0.2) is 0 Å². The summed E-state index contributed by atoms with van der Waals surface area (Å²) in [5.41, 5.74) is 6.80. The molecule has 0 saturated heterocycles. The van der Waals surface area contributed by atoms with Crippen LogP contribution in [-0.4, -0.2) is 15.7 Å². The zero-order valence-electron chi connectivity index (χ0n) is 10.3. The molecule has 2 heterocycles. The molecule has 2 aromatic heterocycles. The van der Waals surface area contributed by atoms with Gasteiger partial charge in [0, 0.05) is 6.20 Å². The Labute approximate surface area is 105 Å². The summed E-state index contributed by atoms with van der Waals surface area (Å²) >= 11 is 0. The van der Waals surface area contributed by atoms with Crippen LogP contribution in [0.2, 0.25) is 0 Å². The molecule has 5 nitrogen and oxygen atoms in total. The summed E-state index contributed by atoms with van der Waals surface area (Å²) in [6.07, 6.45) is 1.77. The molecule has 2 rings (SSSR count). The molecule has 0 amide bonds. The van der Waals surface area contributed by atoms with E-state index >= 15 is 0 Å². The molecule has 2 aromatic rings. The molecule has 18 heavy (non-hydrogen) atoms. The van der Waals surface area contributed by atoms with Crippen molar-refractivity contribution < 1.29 is 4.74 Å². The van der Waals surface area contributed by atoms with E-state index in [-0.39, 0.29) is 6.10 Å². The van der Waals surface area contributed by atoms with Gasteiger partial charge < -0.3 is 10.5 Å². The number of nitrogen functional groups attached to an aromatic ring is 1. The maximum absolute atomic E-state index is 8.98. The highest BCUT2D eigenvalue weighted by Crippen LogP contribution is 2.22. The molecule has 2 N–H and O–H groups in total. The molecule has 0 bridgehead atoms. The predicted octanol–water partition coefficient (Wildman–Crippen LogP) is 2.11. The quantitative estimate of drug-likeness (QED) is 0.894. The summed E-state index contributed by atoms with van der Waals surface area (Å²) in [6, 6.07) is 9.09. The number of nitrogens with zero attached hydrogens (tertiary/aromatic N) is 3. The van der Waals surface area contributed by atoms with Crippen LogP contribution in [0.1, 0.15) is 19.5 Å². The fourth-order valence-corrected chi connectivity index (χ4v) is 1.57. The molecule has 0 aliphatic carbocycles. The highest BCUT2D eigenvalue weighted by molar-refractivity contribution is 5.51. The number of rotatable bonds is 3. The number of hydrogen-bond donors (Lipinski definition) is 1. The Morgan fingerprint density at radius 1 is 1.39 bits per heavy atom. The topological polar surface area (TPSA) is 76.9 Å². The fourth-order valence-electron chi connectivity index (χ4n) is 1.57. The molecule has 0 aliphatic rings. The van der Waals surface area contributed by atoms with Crippen LogP contribution < -0.4 is 10.5 Å². The zero-order valence-corrected chi connectivity index (χ0v) is 10.3. The average Bonchev–Trinajstić information content (AvgIpc) is 2.79. The third-order valence-electron chi connectivity index (χ3n) is 2.33. The van der Waals surface area contributed by atoms with E-state index in [0.717, 1.165) is 0 Å². The zero-order chi connectivity index (χ0) is 13.1. The van der Waals surface area contributed by atoms with Crippen molar-refractivity contribution in [3.8, 4) is 17.8 Å². The minimum atomic E-state index is -0.00449. The number of nitrogens with two attached hydrogens (primary N) is 1. The van der Waals surface area contributed by atoms with Crippen LogP contribution >= 0.6 is 0 Å². The molecule has 92 valence electrons. The maximum Gasteiger partial charge on any atom is 0.239 e. The van der Waals surface area contributed by atoms with Crippen molar-refractivity contribution in [2.75, 3.05) is 5.73 Å². The van der Waals surface area contributed by atoms with E-state index in [9.17, 15) is 0 Å². The number of anilines is 1. The molecule has 0 fully saturated rings. The van der Waals surface area contributed by atoms with E-state index in [2.05, 4.69) is 11.1 Å². The monoisotopic (exact) mass is 242 g/mol. The van der Waals surface area contributed by atoms with Crippen molar-refractivity contribution >= 4 is 5.69 Å². The van der Waals surface area contributed by atoms with Gasteiger partial charge in [-0.3, -0.25) is 4.57 Å². The number of nitriles is 1. The molecule has 5 heteroatoms. The average molecular weight is 242 g/mol. The van der Waals surface area contributed by atoms with Gasteiger partial charge in [0.2, 0.25) is 5.88 Å². The third-order valence-corrected chi connectivity index (χ3v) is 2.33. The van der Waals surface area contributed by atoms with Gasteiger partial charge >= 0.3 is 0 Å². The SMILES string of the molecule is CC(C)Oc1nc(-n2cccc2C#N)ccc1N. The number of hydrogen-bond acceptors (Lipinski definition) is 4. The van der Waals surface area contributed by atoms with Gasteiger partial charge in [-0.2, -0.15) is 10.2 Å². The normalized spacial score (nSPS) is 10.3. The van der Waals surface area contributed by atoms with Crippen molar-refractivity contribution in [1.82, 2.24) is 9.55 Å². The van der Waals surface area contributed by atoms with Crippen LogP contribution in [0, 0.1) is 11.3 Å². The van der Waals surface area contributed by atoms with E-state index in [1.807, 2.05) is 13.8 Å². The Morgan fingerprint density at radius 3 is 2.83 bits per heavy atom. The fraction of sp³-hybridized carbons (Fsp3) is 0.231. The summed E-state index contributed by atoms with van der Waals surface area (Å²) in [4.78, 5) is 4.33. The van der Waals surface area contributed by atoms with Crippen molar-refractivity contribution in [3.63, 3.8) is 0 Å². The van der Waals surface area contributed by atoms with Crippen molar-refractivity contribution in [2.24, 2.45) is 0 Å². The second-order valence-corrected chi connectivity index (χ2v) is 4.11. The summed E-state index contributed by atoms with van der Waals surface area (Å²) in [5.74, 6) is 1.00. The van der Waals surface area contributed by atoms with Crippen LogP contribution in [0.4, 0.5) is 5.69 Å². The van der Waals surface area contributed by atoms with Crippen LogP contribution in [0.3, 0.4) is 0 Å². The molecule has 0 aliphatic heterocycles. The Kier molecular flexibility index (Phi) is 3.20. The Hall–Kier alpha value is -2.48. The molecule has 0 spiro atoms. The first-order valence-electron chi connectivity index (χ1n) is 5.63. The minimum Gasteiger partial charge on any atom is -0.473 e. The first kappa shape index (κ1) is 12.0. The molecular formula is C13H14N4O. The summed E-state index contributed by atoms with van der Waals surface area (Å²) in [6.45, 7) is 3.81. The number of ether oxygens (including phenoxy) is 1. The first-order chi connectivity index (χ1) is 8.61. The Morgan fingerprint density at radius 2 is 2.17 bits per heavy atom. The summed E-state index contributed by atoms with van der Waals surface area (Å²) in [5, 5.41) is 8.98. The molecule has 0 atom stereocenters. The van der Waals surface area contributed by atoms with Crippen LogP contribution in [0.5, 0.6) is 5.88 Å². The van der Waals surface area contributed by atoms with E-state index in [0.29, 0.717) is 23.1 Å². The summed E-state index contributed by atoms with van der Waals surface area (Å²) < 4.78 is 7.21. The van der Waals surface area contributed by atoms with Crippen molar-refractivity contribution in [3.05, 3.63) is 36.2 Å². The number of pyridine rings is 1. The molecule has 0 unspecified atom stereocenters. The third kappa shape index (κ3) is 2.28. The van der Waals surface area contributed by atoms with Gasteiger partial charge in [-0.1, -0.05) is 0 Å². The maximum atomic E-state index is 8.98. The lowest BCUT2D eigenvalue weighted by Gasteiger charge is -2.12. The van der Waals surface area contributed by atoms with Crippen LogP contribution in [0.15, 0.2) is 30.5 Å². The predicted molar refractivity (Wildman–Crippen MR) is 68.5 cm³/mol. The van der Waals surface area contributed by atoms with E-state index in [1.165, 1.54) is 0 Å². The molecule has 0 radical (unpaired) electrons. The Bertz CT molecular complexity index is 595. The standard InChI is InChI=1S/C13H14N4O/c1-9(2)18-13-11(15)5-6-12(16-13)17-7-3-4-10(17)8-14/h3-7,9H,15H2,1-2H3. The van der Waals surface area contributed by atoms with E-state index < -0.39 is 0 Å². The smallest absolute Gasteiger partial charge is 0.239 e. The van der Waals surface area contributed by atoms with Gasteiger partial charge in [-0.25, -0.2) is 0 Å². The minimum absolute atomic E-state index is 0.00449. The highest BCUT2D eigenvalue weighted by atomic mass is 16.5. The van der Waals surface area contributed by atoms with Gasteiger partial charge in [-0.05, 0) is 38.1 Å². The molecule has 0 aromatic carbocycles. The van der Waals surface area contributed by atoms with Gasteiger partial charge in [-0.15, -0.1) is 0 Å². The number of aromatic nitrogens is 2. The second-order valence-electron chi connectivity index (χ2n) is 4.11. The molecule has 0 saturated carbocycles.